The number of sulfonamides is 1. The second-order valence-electron chi connectivity index (χ2n) is 6.57. The van der Waals surface area contributed by atoms with Crippen LogP contribution in [0.5, 0.6) is 5.75 Å². The molecule has 0 amide bonds. The zero-order chi connectivity index (χ0) is 17.4. The fourth-order valence-corrected chi connectivity index (χ4v) is 5.80. The van der Waals surface area contributed by atoms with E-state index in [1.165, 1.54) is 24.3 Å². The lowest BCUT2D eigenvalue weighted by Gasteiger charge is -2.37. The lowest BCUT2D eigenvalue weighted by atomic mass is 10.0. The lowest BCUT2D eigenvalue weighted by Crippen LogP contribution is -2.49. The standard InChI is InChI=1S/C18H19FN2O3S/c19-13-1-5-18(6-2-13)25(22,23)21-14-3-4-15(21)12-17(11-14)24-16-7-9-20-10-8-16/h1-2,5-10,14-15,17H,3-4,11-12H2. The quantitative estimate of drug-likeness (QED) is 0.839. The minimum atomic E-state index is -3.61. The number of piperidine rings is 1. The Morgan fingerprint density at radius 1 is 1.00 bits per heavy atom. The largest absolute Gasteiger partial charge is 0.490 e. The highest BCUT2D eigenvalue weighted by molar-refractivity contribution is 7.89. The van der Waals surface area contributed by atoms with Crippen LogP contribution in [0.1, 0.15) is 25.7 Å². The smallest absolute Gasteiger partial charge is 0.243 e. The van der Waals surface area contributed by atoms with Crippen LogP contribution in [0.25, 0.3) is 0 Å². The van der Waals surface area contributed by atoms with E-state index in [1.54, 1.807) is 16.7 Å². The predicted octanol–water partition coefficient (Wildman–Crippen LogP) is 2.98. The van der Waals surface area contributed by atoms with Gasteiger partial charge in [-0.05, 0) is 49.2 Å². The normalized spacial score (nSPS) is 26.5. The van der Waals surface area contributed by atoms with Crippen LogP contribution < -0.4 is 4.74 Å². The molecule has 0 saturated carbocycles. The van der Waals surface area contributed by atoms with Crippen LogP contribution >= 0.6 is 0 Å². The maximum Gasteiger partial charge on any atom is 0.243 e. The molecule has 1 aromatic heterocycles. The highest BCUT2D eigenvalue weighted by atomic mass is 32.2. The molecule has 3 heterocycles. The van der Waals surface area contributed by atoms with Crippen molar-refractivity contribution in [3.63, 3.8) is 0 Å². The minimum Gasteiger partial charge on any atom is -0.490 e. The van der Waals surface area contributed by atoms with Crippen LogP contribution in [-0.2, 0) is 10.0 Å². The Morgan fingerprint density at radius 2 is 1.60 bits per heavy atom. The highest BCUT2D eigenvalue weighted by Crippen LogP contribution is 2.40. The summed E-state index contributed by atoms with van der Waals surface area (Å²) in [6.45, 7) is 0. The molecule has 0 radical (unpaired) electrons. The second kappa shape index (κ2) is 6.38. The molecule has 7 heteroatoms. The zero-order valence-corrected chi connectivity index (χ0v) is 14.4. The van der Waals surface area contributed by atoms with Crippen molar-refractivity contribution in [1.29, 1.82) is 0 Å². The average Bonchev–Trinajstić information content (AvgIpc) is 2.89. The van der Waals surface area contributed by atoms with E-state index < -0.39 is 15.8 Å². The first kappa shape index (κ1) is 16.5. The average molecular weight is 362 g/mol. The Balaban J connectivity index is 1.53. The number of pyridine rings is 1. The van der Waals surface area contributed by atoms with Gasteiger partial charge in [-0.15, -0.1) is 0 Å². The minimum absolute atomic E-state index is 0.000400. The topological polar surface area (TPSA) is 59.5 Å². The molecule has 4 rings (SSSR count). The van der Waals surface area contributed by atoms with Gasteiger partial charge in [0, 0.05) is 37.3 Å². The van der Waals surface area contributed by atoms with Gasteiger partial charge in [-0.1, -0.05) is 0 Å². The summed E-state index contributed by atoms with van der Waals surface area (Å²) in [5, 5.41) is 0. The van der Waals surface area contributed by atoms with Gasteiger partial charge in [0.15, 0.2) is 0 Å². The van der Waals surface area contributed by atoms with Gasteiger partial charge in [0.1, 0.15) is 17.7 Å². The van der Waals surface area contributed by atoms with Crippen molar-refractivity contribution in [1.82, 2.24) is 9.29 Å². The van der Waals surface area contributed by atoms with E-state index in [2.05, 4.69) is 4.98 Å². The number of nitrogens with zero attached hydrogens (tertiary/aromatic N) is 2. The molecular weight excluding hydrogens is 343 g/mol. The van der Waals surface area contributed by atoms with E-state index in [0.717, 1.165) is 18.6 Å². The van der Waals surface area contributed by atoms with Crippen LogP contribution in [0.4, 0.5) is 4.39 Å². The number of benzene rings is 1. The van der Waals surface area contributed by atoms with Crippen LogP contribution in [0.15, 0.2) is 53.7 Å². The monoisotopic (exact) mass is 362 g/mol. The molecule has 2 aromatic rings. The van der Waals surface area contributed by atoms with Crippen molar-refractivity contribution in [2.75, 3.05) is 0 Å². The first-order valence-corrected chi connectivity index (χ1v) is 9.84. The Morgan fingerprint density at radius 3 is 2.20 bits per heavy atom. The van der Waals surface area contributed by atoms with Crippen molar-refractivity contribution in [3.05, 3.63) is 54.6 Å². The molecule has 132 valence electrons. The molecule has 2 unspecified atom stereocenters. The van der Waals surface area contributed by atoms with Gasteiger partial charge in [0.25, 0.3) is 0 Å². The number of hydrogen-bond donors (Lipinski definition) is 0. The summed E-state index contributed by atoms with van der Waals surface area (Å²) in [6.07, 6.45) is 6.36. The summed E-state index contributed by atoms with van der Waals surface area (Å²) < 4.78 is 46.7. The van der Waals surface area contributed by atoms with Crippen molar-refractivity contribution in [2.45, 2.75) is 48.8 Å². The Labute approximate surface area is 146 Å². The SMILES string of the molecule is O=S(=O)(c1ccc(F)cc1)N1C2CCC1CC(Oc1ccncc1)C2. The van der Waals surface area contributed by atoms with Gasteiger partial charge in [-0.2, -0.15) is 4.31 Å². The van der Waals surface area contributed by atoms with E-state index >= 15 is 0 Å². The van der Waals surface area contributed by atoms with Gasteiger partial charge in [0.2, 0.25) is 10.0 Å². The maximum atomic E-state index is 13.1. The Hall–Kier alpha value is -1.99. The Kier molecular flexibility index (Phi) is 4.21. The molecule has 2 aliphatic heterocycles. The summed E-state index contributed by atoms with van der Waals surface area (Å²) in [5.74, 6) is 0.320. The third-order valence-corrected chi connectivity index (χ3v) is 6.98. The van der Waals surface area contributed by atoms with Crippen molar-refractivity contribution >= 4 is 10.0 Å². The fraction of sp³-hybridized carbons (Fsp3) is 0.389. The third kappa shape index (κ3) is 3.14. The van der Waals surface area contributed by atoms with Crippen LogP contribution in [0.3, 0.4) is 0 Å². The number of rotatable bonds is 4. The molecule has 5 nitrogen and oxygen atoms in total. The van der Waals surface area contributed by atoms with Crippen molar-refractivity contribution < 1.29 is 17.5 Å². The number of aromatic nitrogens is 1. The van der Waals surface area contributed by atoms with Gasteiger partial charge in [0.05, 0.1) is 4.90 Å². The zero-order valence-electron chi connectivity index (χ0n) is 13.6. The molecule has 0 spiro atoms. The van der Waals surface area contributed by atoms with E-state index in [1.807, 2.05) is 12.1 Å². The second-order valence-corrected chi connectivity index (χ2v) is 8.41. The van der Waals surface area contributed by atoms with Gasteiger partial charge < -0.3 is 4.74 Å². The molecule has 25 heavy (non-hydrogen) atoms. The van der Waals surface area contributed by atoms with Crippen LogP contribution in [0, 0.1) is 5.82 Å². The van der Waals surface area contributed by atoms with E-state index in [-0.39, 0.29) is 23.1 Å². The summed E-state index contributed by atoms with van der Waals surface area (Å²) >= 11 is 0. The van der Waals surface area contributed by atoms with Gasteiger partial charge >= 0.3 is 0 Å². The molecule has 1 aromatic carbocycles. The first-order chi connectivity index (χ1) is 12.0. The van der Waals surface area contributed by atoms with Crippen molar-refractivity contribution in [3.8, 4) is 5.75 Å². The molecular formula is C18H19FN2O3S. The summed E-state index contributed by atoms with van der Waals surface area (Å²) in [4.78, 5) is 4.12. The number of halogens is 1. The maximum absolute atomic E-state index is 13.1. The fourth-order valence-electron chi connectivity index (χ4n) is 3.91. The van der Waals surface area contributed by atoms with Crippen molar-refractivity contribution in [2.24, 2.45) is 0 Å². The Bertz CT molecular complexity index is 828. The highest BCUT2D eigenvalue weighted by Gasteiger charge is 2.47. The molecule has 2 fully saturated rings. The van der Waals surface area contributed by atoms with E-state index in [0.29, 0.717) is 12.8 Å². The summed E-state index contributed by atoms with van der Waals surface area (Å²) in [5.41, 5.74) is 0. The molecule has 0 N–H and O–H groups in total. The number of fused-ring (bicyclic) bond motifs is 2. The van der Waals surface area contributed by atoms with Gasteiger partial charge in [-0.3, -0.25) is 4.98 Å². The number of hydrogen-bond acceptors (Lipinski definition) is 4. The van der Waals surface area contributed by atoms with E-state index in [9.17, 15) is 12.8 Å². The van der Waals surface area contributed by atoms with Crippen LogP contribution in [0.2, 0.25) is 0 Å². The lowest BCUT2D eigenvalue weighted by molar-refractivity contribution is 0.0956. The third-order valence-electron chi connectivity index (χ3n) is 4.96. The summed E-state index contributed by atoms with van der Waals surface area (Å²) in [7, 11) is -3.61. The summed E-state index contributed by atoms with van der Waals surface area (Å²) in [6, 6.07) is 8.53. The molecule has 2 saturated heterocycles. The number of ether oxygens (including phenoxy) is 1. The van der Waals surface area contributed by atoms with Gasteiger partial charge in [-0.25, -0.2) is 12.8 Å². The molecule has 2 aliphatic rings. The first-order valence-electron chi connectivity index (χ1n) is 8.40. The predicted molar refractivity (Wildman–Crippen MR) is 90.1 cm³/mol. The van der Waals surface area contributed by atoms with E-state index in [4.69, 9.17) is 4.74 Å². The van der Waals surface area contributed by atoms with Crippen LogP contribution in [-0.4, -0.2) is 35.9 Å². The molecule has 2 atom stereocenters. The molecule has 2 bridgehead atoms. The molecule has 0 aliphatic carbocycles.